The van der Waals surface area contributed by atoms with Gasteiger partial charge in [0.25, 0.3) is 0 Å². The van der Waals surface area contributed by atoms with Gasteiger partial charge in [0.1, 0.15) is 23.2 Å². The fourth-order valence-corrected chi connectivity index (χ4v) is 3.26. The highest BCUT2D eigenvalue weighted by Gasteiger charge is 2.17. The van der Waals surface area contributed by atoms with Crippen molar-refractivity contribution in [1.29, 1.82) is 0 Å². The van der Waals surface area contributed by atoms with Crippen molar-refractivity contribution in [2.24, 2.45) is 0 Å². The van der Waals surface area contributed by atoms with Crippen LogP contribution < -0.4 is 4.18 Å². The monoisotopic (exact) mass is 309 g/mol. The standard InChI is InChI=1S/C15H17O3S2/c1-12-4-10-15(11-5-12)20(16,17)18-13-6-8-14(9-7-13)19(2)3/h4-11H,1-3H3/q+1. The van der Waals surface area contributed by atoms with Crippen molar-refractivity contribution >= 4 is 21.0 Å². The maximum Gasteiger partial charge on any atom is 0.339 e. The highest BCUT2D eigenvalue weighted by Crippen LogP contribution is 2.21. The Morgan fingerprint density at radius 2 is 1.45 bits per heavy atom. The zero-order chi connectivity index (χ0) is 14.8. The van der Waals surface area contributed by atoms with E-state index in [4.69, 9.17) is 4.18 Å². The highest BCUT2D eigenvalue weighted by molar-refractivity contribution is 7.95. The van der Waals surface area contributed by atoms with Crippen molar-refractivity contribution in [3.63, 3.8) is 0 Å². The molecule has 2 rings (SSSR count). The molecule has 0 aliphatic heterocycles. The number of hydrogen-bond donors (Lipinski definition) is 0. The summed E-state index contributed by atoms with van der Waals surface area (Å²) in [7, 11) is -3.61. The third-order valence-corrected chi connectivity index (χ3v) is 5.29. The van der Waals surface area contributed by atoms with Crippen LogP contribution in [0.4, 0.5) is 0 Å². The number of benzene rings is 2. The third kappa shape index (κ3) is 3.55. The van der Waals surface area contributed by atoms with Crippen LogP contribution in [0.15, 0.2) is 58.3 Å². The molecule has 0 aliphatic rings. The number of hydrogen-bond acceptors (Lipinski definition) is 3. The molecule has 0 saturated carbocycles. The quantitative estimate of drug-likeness (QED) is 0.644. The van der Waals surface area contributed by atoms with Gasteiger partial charge in [-0.2, -0.15) is 8.42 Å². The van der Waals surface area contributed by atoms with Gasteiger partial charge in [-0.1, -0.05) is 17.7 Å². The van der Waals surface area contributed by atoms with Gasteiger partial charge in [-0.05, 0) is 43.3 Å². The predicted molar refractivity (Wildman–Crippen MR) is 82.9 cm³/mol. The van der Waals surface area contributed by atoms with E-state index in [-0.39, 0.29) is 15.8 Å². The van der Waals surface area contributed by atoms with Crippen LogP contribution in [0.2, 0.25) is 0 Å². The van der Waals surface area contributed by atoms with Gasteiger partial charge in [0, 0.05) is 10.9 Å². The van der Waals surface area contributed by atoms with Gasteiger partial charge in [0.05, 0.1) is 0 Å². The van der Waals surface area contributed by atoms with E-state index in [9.17, 15) is 8.42 Å². The molecule has 0 spiro atoms. The van der Waals surface area contributed by atoms with Crippen molar-refractivity contribution in [2.75, 3.05) is 12.5 Å². The molecule has 0 heterocycles. The van der Waals surface area contributed by atoms with Gasteiger partial charge in [-0.3, -0.25) is 0 Å². The van der Waals surface area contributed by atoms with Crippen LogP contribution >= 0.6 is 0 Å². The lowest BCUT2D eigenvalue weighted by atomic mass is 10.2. The second-order valence-electron chi connectivity index (χ2n) is 4.64. The van der Waals surface area contributed by atoms with Gasteiger partial charge in [-0.15, -0.1) is 0 Å². The van der Waals surface area contributed by atoms with E-state index < -0.39 is 10.1 Å². The summed E-state index contributed by atoms with van der Waals surface area (Å²) in [6.45, 7) is 1.91. The highest BCUT2D eigenvalue weighted by atomic mass is 32.2. The van der Waals surface area contributed by atoms with Crippen molar-refractivity contribution in [3.8, 4) is 5.75 Å². The maximum atomic E-state index is 12.1. The van der Waals surface area contributed by atoms with E-state index in [1.165, 1.54) is 4.90 Å². The Balaban J connectivity index is 2.22. The van der Waals surface area contributed by atoms with Crippen molar-refractivity contribution < 1.29 is 12.6 Å². The molecule has 0 amide bonds. The molecule has 0 bridgehead atoms. The minimum absolute atomic E-state index is 0.146. The summed E-state index contributed by atoms with van der Waals surface area (Å²) >= 11 is 0. The Morgan fingerprint density at radius 3 is 1.95 bits per heavy atom. The lowest BCUT2D eigenvalue weighted by Crippen LogP contribution is -2.09. The minimum Gasteiger partial charge on any atom is -0.379 e. The summed E-state index contributed by atoms with van der Waals surface area (Å²) in [5, 5.41) is 0. The first kappa shape index (κ1) is 14.9. The number of aryl methyl sites for hydroxylation is 1. The van der Waals surface area contributed by atoms with Crippen LogP contribution in [0, 0.1) is 6.92 Å². The van der Waals surface area contributed by atoms with Gasteiger partial charge in [-0.25, -0.2) is 0 Å². The molecule has 0 unspecified atom stereocenters. The minimum atomic E-state index is -3.76. The molecule has 2 aromatic rings. The summed E-state index contributed by atoms with van der Waals surface area (Å²) < 4.78 is 29.4. The Labute approximate surface area is 123 Å². The topological polar surface area (TPSA) is 43.4 Å². The molecular weight excluding hydrogens is 292 g/mol. The Morgan fingerprint density at radius 1 is 0.900 bits per heavy atom. The smallest absolute Gasteiger partial charge is 0.339 e. The van der Waals surface area contributed by atoms with E-state index >= 15 is 0 Å². The van der Waals surface area contributed by atoms with Crippen molar-refractivity contribution in [3.05, 3.63) is 54.1 Å². The first-order chi connectivity index (χ1) is 9.38. The summed E-state index contributed by atoms with van der Waals surface area (Å²) in [5.74, 6) is 0.333. The molecule has 0 atom stereocenters. The van der Waals surface area contributed by atoms with Crippen LogP contribution in [0.25, 0.3) is 0 Å². The molecule has 20 heavy (non-hydrogen) atoms. The van der Waals surface area contributed by atoms with Crippen LogP contribution in [-0.4, -0.2) is 20.9 Å². The average molecular weight is 309 g/mol. The van der Waals surface area contributed by atoms with Gasteiger partial charge < -0.3 is 4.18 Å². The zero-order valence-electron chi connectivity index (χ0n) is 11.7. The van der Waals surface area contributed by atoms with Crippen molar-refractivity contribution in [1.82, 2.24) is 0 Å². The van der Waals surface area contributed by atoms with Gasteiger partial charge in [0.2, 0.25) is 0 Å². The Kier molecular flexibility index (Phi) is 4.40. The predicted octanol–water partition coefficient (Wildman–Crippen LogP) is 3.00. The molecule has 3 nitrogen and oxygen atoms in total. The fraction of sp³-hybridized carbons (Fsp3) is 0.200. The second-order valence-corrected chi connectivity index (χ2v) is 8.29. The molecule has 0 radical (unpaired) electrons. The third-order valence-electron chi connectivity index (χ3n) is 2.81. The first-order valence-corrected chi connectivity index (χ1v) is 9.52. The summed E-state index contributed by atoms with van der Waals surface area (Å²) in [4.78, 5) is 1.34. The molecule has 0 aromatic heterocycles. The van der Waals surface area contributed by atoms with Crippen LogP contribution in [0.5, 0.6) is 5.75 Å². The van der Waals surface area contributed by atoms with E-state index in [1.54, 1.807) is 36.4 Å². The van der Waals surface area contributed by atoms with Crippen LogP contribution in [0.1, 0.15) is 5.56 Å². The molecule has 2 aromatic carbocycles. The van der Waals surface area contributed by atoms with E-state index in [1.807, 2.05) is 19.1 Å². The molecule has 0 fully saturated rings. The lowest BCUT2D eigenvalue weighted by molar-refractivity contribution is 0.486. The van der Waals surface area contributed by atoms with E-state index in [2.05, 4.69) is 12.5 Å². The SMILES string of the molecule is Cc1ccc(S(=O)(=O)Oc2ccc([S+](C)C)cc2)cc1. The molecular formula is C15H17O3S2+. The second kappa shape index (κ2) is 5.89. The summed E-state index contributed by atoms with van der Waals surface area (Å²) in [5.41, 5.74) is 1.01. The number of rotatable bonds is 4. The molecule has 0 aliphatic carbocycles. The maximum absolute atomic E-state index is 12.1. The summed E-state index contributed by atoms with van der Waals surface area (Å²) in [6.07, 6.45) is 4.22. The fourth-order valence-electron chi connectivity index (χ4n) is 1.65. The Hall–Kier alpha value is -1.46. The van der Waals surface area contributed by atoms with Gasteiger partial charge >= 0.3 is 10.1 Å². The molecule has 0 N–H and O–H groups in total. The largest absolute Gasteiger partial charge is 0.379 e. The van der Waals surface area contributed by atoms with E-state index in [0.29, 0.717) is 5.75 Å². The molecule has 5 heteroatoms. The Bertz CT molecular complexity index is 672. The zero-order valence-corrected chi connectivity index (χ0v) is 13.3. The first-order valence-electron chi connectivity index (χ1n) is 6.07. The average Bonchev–Trinajstić information content (AvgIpc) is 2.39. The summed E-state index contributed by atoms with van der Waals surface area (Å²) in [6, 6.07) is 13.8. The lowest BCUT2D eigenvalue weighted by Gasteiger charge is -2.07. The molecule has 0 saturated heterocycles. The van der Waals surface area contributed by atoms with Crippen molar-refractivity contribution in [2.45, 2.75) is 16.7 Å². The van der Waals surface area contributed by atoms with Crippen LogP contribution in [-0.2, 0) is 21.0 Å². The van der Waals surface area contributed by atoms with Gasteiger partial charge in [0.15, 0.2) is 4.90 Å². The normalized spacial score (nSPS) is 11.6. The van der Waals surface area contributed by atoms with E-state index in [0.717, 1.165) is 5.56 Å². The van der Waals surface area contributed by atoms with Crippen LogP contribution in [0.3, 0.4) is 0 Å². The molecule has 106 valence electrons.